The number of amides is 2. The predicted molar refractivity (Wildman–Crippen MR) is 113 cm³/mol. The molecule has 0 spiro atoms. The molecule has 29 heavy (non-hydrogen) atoms. The largest absolute Gasteiger partial charge is 0.443 e. The highest BCUT2D eigenvalue weighted by atomic mass is 16.6. The maximum atomic E-state index is 13.1. The molecule has 0 aliphatic carbocycles. The SMILES string of the molecule is CCN(C(=O)OC(C)(C)C)c1ncccc1C1CCCN1C(=O)c1ccccc1. The van der Waals surface area contributed by atoms with Gasteiger partial charge in [0.15, 0.2) is 0 Å². The second-order valence-corrected chi connectivity index (χ2v) is 8.16. The van der Waals surface area contributed by atoms with Crippen molar-refractivity contribution in [2.24, 2.45) is 0 Å². The quantitative estimate of drug-likeness (QED) is 0.744. The number of carbonyl (C=O) groups is 2. The Hall–Kier alpha value is -2.89. The van der Waals surface area contributed by atoms with Crippen molar-refractivity contribution in [3.05, 3.63) is 59.8 Å². The zero-order chi connectivity index (χ0) is 21.0. The highest BCUT2D eigenvalue weighted by Crippen LogP contribution is 2.37. The molecule has 2 aromatic rings. The van der Waals surface area contributed by atoms with E-state index in [1.165, 1.54) is 0 Å². The summed E-state index contributed by atoms with van der Waals surface area (Å²) in [6, 6.07) is 13.0. The Labute approximate surface area is 172 Å². The summed E-state index contributed by atoms with van der Waals surface area (Å²) in [6.07, 6.45) is 2.99. The fraction of sp³-hybridized carbons (Fsp3) is 0.435. The molecule has 154 valence electrons. The molecule has 1 aromatic carbocycles. The minimum atomic E-state index is -0.595. The lowest BCUT2D eigenvalue weighted by molar-refractivity contribution is 0.0580. The summed E-state index contributed by atoms with van der Waals surface area (Å²) in [5.74, 6) is 0.560. The number of hydrogen-bond donors (Lipinski definition) is 0. The van der Waals surface area contributed by atoms with Crippen LogP contribution < -0.4 is 4.90 Å². The van der Waals surface area contributed by atoms with Crippen molar-refractivity contribution in [2.75, 3.05) is 18.0 Å². The van der Waals surface area contributed by atoms with Gasteiger partial charge >= 0.3 is 6.09 Å². The van der Waals surface area contributed by atoms with Crippen LogP contribution in [0.3, 0.4) is 0 Å². The molecule has 6 nitrogen and oxygen atoms in total. The van der Waals surface area contributed by atoms with Gasteiger partial charge in [0.1, 0.15) is 11.4 Å². The molecule has 1 aliphatic rings. The third-order valence-corrected chi connectivity index (χ3v) is 4.90. The highest BCUT2D eigenvalue weighted by molar-refractivity contribution is 5.95. The van der Waals surface area contributed by atoms with E-state index in [1.807, 2.05) is 75.1 Å². The van der Waals surface area contributed by atoms with Crippen LogP contribution in [0.2, 0.25) is 0 Å². The van der Waals surface area contributed by atoms with E-state index >= 15 is 0 Å². The summed E-state index contributed by atoms with van der Waals surface area (Å²) < 4.78 is 5.57. The maximum Gasteiger partial charge on any atom is 0.415 e. The van der Waals surface area contributed by atoms with Crippen LogP contribution in [0.4, 0.5) is 10.6 Å². The molecule has 2 heterocycles. The molecule has 6 heteroatoms. The van der Waals surface area contributed by atoms with Crippen LogP contribution in [0.5, 0.6) is 0 Å². The summed E-state index contributed by atoms with van der Waals surface area (Å²) in [7, 11) is 0. The first-order chi connectivity index (χ1) is 13.8. The third kappa shape index (κ3) is 4.75. The molecule has 0 saturated carbocycles. The van der Waals surface area contributed by atoms with Crippen molar-refractivity contribution in [1.82, 2.24) is 9.88 Å². The average molecular weight is 396 g/mol. The fourth-order valence-corrected chi connectivity index (χ4v) is 3.66. The van der Waals surface area contributed by atoms with Gasteiger partial charge < -0.3 is 9.64 Å². The molecule has 0 bridgehead atoms. The molecule has 2 amide bonds. The Bertz CT molecular complexity index is 861. The van der Waals surface area contributed by atoms with Crippen LogP contribution >= 0.6 is 0 Å². The highest BCUT2D eigenvalue weighted by Gasteiger charge is 2.34. The first kappa shape index (κ1) is 20.8. The maximum absolute atomic E-state index is 13.1. The first-order valence-corrected chi connectivity index (χ1v) is 10.1. The van der Waals surface area contributed by atoms with E-state index < -0.39 is 11.7 Å². The number of ether oxygens (including phenoxy) is 1. The van der Waals surface area contributed by atoms with Gasteiger partial charge in [-0.3, -0.25) is 9.69 Å². The molecule has 0 radical (unpaired) electrons. The monoisotopic (exact) mass is 395 g/mol. The number of hydrogen-bond acceptors (Lipinski definition) is 4. The molecular weight excluding hydrogens is 366 g/mol. The standard InChI is InChI=1S/C23H29N3O3/c1-5-25(22(28)29-23(2,3)4)20-18(13-9-15-24-20)19-14-10-16-26(19)21(27)17-11-7-6-8-12-17/h6-9,11-13,15,19H,5,10,14,16H2,1-4H3. The van der Waals surface area contributed by atoms with Gasteiger partial charge in [-0.1, -0.05) is 24.3 Å². The second-order valence-electron chi connectivity index (χ2n) is 8.16. The summed E-state index contributed by atoms with van der Waals surface area (Å²) in [5.41, 5.74) is 0.952. The van der Waals surface area contributed by atoms with Gasteiger partial charge in [0.05, 0.1) is 6.04 Å². The number of rotatable bonds is 4. The molecule has 3 rings (SSSR count). The molecule has 1 unspecified atom stereocenters. The number of likely N-dealkylation sites (tertiary alicyclic amines) is 1. The number of nitrogens with zero attached hydrogens (tertiary/aromatic N) is 3. The minimum absolute atomic E-state index is 0.00298. The molecule has 0 N–H and O–H groups in total. The van der Waals surface area contributed by atoms with Crippen molar-refractivity contribution in [3.8, 4) is 0 Å². The van der Waals surface area contributed by atoms with E-state index in [1.54, 1.807) is 11.1 Å². The molecule has 1 fully saturated rings. The lowest BCUT2D eigenvalue weighted by Gasteiger charge is -2.30. The molecule has 1 saturated heterocycles. The van der Waals surface area contributed by atoms with Gasteiger partial charge in [-0.15, -0.1) is 0 Å². The van der Waals surface area contributed by atoms with Crippen LogP contribution in [0.15, 0.2) is 48.7 Å². The topological polar surface area (TPSA) is 62.7 Å². The first-order valence-electron chi connectivity index (χ1n) is 10.1. The van der Waals surface area contributed by atoms with Gasteiger partial charge in [-0.2, -0.15) is 0 Å². The van der Waals surface area contributed by atoms with Gasteiger partial charge in [-0.25, -0.2) is 9.78 Å². The Kier molecular flexibility index (Phi) is 6.20. The fourth-order valence-electron chi connectivity index (χ4n) is 3.66. The Morgan fingerprint density at radius 1 is 1.17 bits per heavy atom. The minimum Gasteiger partial charge on any atom is -0.443 e. The van der Waals surface area contributed by atoms with Gasteiger partial charge in [0, 0.05) is 30.4 Å². The summed E-state index contributed by atoms with van der Waals surface area (Å²) in [4.78, 5) is 33.8. The molecule has 1 aromatic heterocycles. The Morgan fingerprint density at radius 2 is 1.90 bits per heavy atom. The number of pyridine rings is 1. The van der Waals surface area contributed by atoms with Crippen LogP contribution in [-0.4, -0.2) is 40.6 Å². The van der Waals surface area contributed by atoms with Gasteiger partial charge in [-0.05, 0) is 58.7 Å². The zero-order valence-electron chi connectivity index (χ0n) is 17.6. The normalized spacial score (nSPS) is 16.6. The van der Waals surface area contributed by atoms with E-state index in [0.29, 0.717) is 24.5 Å². The lowest BCUT2D eigenvalue weighted by Crippen LogP contribution is -2.38. The van der Waals surface area contributed by atoms with Crippen molar-refractivity contribution in [2.45, 2.75) is 52.2 Å². The number of benzene rings is 1. The molecule has 1 atom stereocenters. The van der Waals surface area contributed by atoms with Crippen LogP contribution in [0.1, 0.15) is 62.5 Å². The van der Waals surface area contributed by atoms with E-state index in [-0.39, 0.29) is 11.9 Å². The average Bonchev–Trinajstić information content (AvgIpc) is 3.17. The smallest absolute Gasteiger partial charge is 0.415 e. The number of anilines is 1. The van der Waals surface area contributed by atoms with Crippen LogP contribution in [0.25, 0.3) is 0 Å². The Balaban J connectivity index is 1.93. The van der Waals surface area contributed by atoms with Crippen LogP contribution in [0, 0.1) is 0 Å². The van der Waals surface area contributed by atoms with Crippen molar-refractivity contribution >= 4 is 17.8 Å². The van der Waals surface area contributed by atoms with E-state index in [2.05, 4.69) is 4.98 Å². The number of carbonyl (C=O) groups excluding carboxylic acids is 2. The number of aromatic nitrogens is 1. The summed E-state index contributed by atoms with van der Waals surface area (Å²) >= 11 is 0. The van der Waals surface area contributed by atoms with Crippen molar-refractivity contribution in [1.29, 1.82) is 0 Å². The summed E-state index contributed by atoms with van der Waals surface area (Å²) in [6.45, 7) is 8.54. The molecule has 1 aliphatic heterocycles. The van der Waals surface area contributed by atoms with Gasteiger partial charge in [0.2, 0.25) is 0 Å². The van der Waals surface area contributed by atoms with Crippen molar-refractivity contribution in [3.63, 3.8) is 0 Å². The van der Waals surface area contributed by atoms with E-state index in [4.69, 9.17) is 4.74 Å². The predicted octanol–water partition coefficient (Wildman–Crippen LogP) is 4.82. The zero-order valence-corrected chi connectivity index (χ0v) is 17.6. The summed E-state index contributed by atoms with van der Waals surface area (Å²) in [5, 5.41) is 0. The van der Waals surface area contributed by atoms with E-state index in [0.717, 1.165) is 18.4 Å². The molecular formula is C23H29N3O3. The third-order valence-electron chi connectivity index (χ3n) is 4.90. The lowest BCUT2D eigenvalue weighted by atomic mass is 10.0. The van der Waals surface area contributed by atoms with Crippen LogP contribution in [-0.2, 0) is 4.74 Å². The van der Waals surface area contributed by atoms with Gasteiger partial charge in [0.25, 0.3) is 5.91 Å². The Morgan fingerprint density at radius 3 is 2.55 bits per heavy atom. The van der Waals surface area contributed by atoms with E-state index in [9.17, 15) is 9.59 Å². The second kappa shape index (κ2) is 8.64. The van der Waals surface area contributed by atoms with Crippen molar-refractivity contribution < 1.29 is 14.3 Å².